The van der Waals surface area contributed by atoms with Crippen LogP contribution in [0.2, 0.25) is 10.0 Å². The van der Waals surface area contributed by atoms with E-state index in [0.717, 1.165) is 11.8 Å². The van der Waals surface area contributed by atoms with Gasteiger partial charge in [-0.3, -0.25) is 4.79 Å². The minimum atomic E-state index is -0.491. The van der Waals surface area contributed by atoms with Crippen LogP contribution < -0.4 is 5.32 Å². The van der Waals surface area contributed by atoms with Crippen molar-refractivity contribution < 1.29 is 9.18 Å². The van der Waals surface area contributed by atoms with Crippen LogP contribution >= 0.6 is 35.0 Å². The lowest BCUT2D eigenvalue weighted by atomic mass is 10.3. The summed E-state index contributed by atoms with van der Waals surface area (Å²) < 4.78 is 13.6. The third-order valence-electron chi connectivity index (χ3n) is 2.72. The Morgan fingerprint density at radius 2 is 1.76 bits per heavy atom. The fourth-order valence-corrected chi connectivity index (χ4v) is 3.00. The molecule has 0 fully saturated rings. The third-order valence-corrected chi connectivity index (χ3v) is 4.50. The molecular weight excluding hydrogens is 332 g/mol. The molecule has 0 spiro atoms. The first-order chi connectivity index (χ1) is 9.99. The summed E-state index contributed by atoms with van der Waals surface area (Å²) in [5.74, 6) is -0.642. The molecule has 1 N–H and O–H groups in total. The molecule has 0 saturated heterocycles. The number of rotatable bonds is 4. The molecule has 2 aromatic rings. The highest BCUT2D eigenvalue weighted by Gasteiger charge is 2.18. The van der Waals surface area contributed by atoms with Crippen LogP contribution in [0.25, 0.3) is 0 Å². The molecule has 0 aliphatic heterocycles. The summed E-state index contributed by atoms with van der Waals surface area (Å²) >= 11 is 13.1. The van der Waals surface area contributed by atoms with Crippen molar-refractivity contribution >= 4 is 46.6 Å². The van der Waals surface area contributed by atoms with E-state index in [1.54, 1.807) is 43.3 Å². The minimum Gasteiger partial charge on any atom is -0.323 e. The van der Waals surface area contributed by atoms with Crippen LogP contribution in [0.1, 0.15) is 6.92 Å². The molecule has 2 aromatic carbocycles. The summed E-state index contributed by atoms with van der Waals surface area (Å²) in [6.45, 7) is 1.69. The predicted molar refractivity (Wildman–Crippen MR) is 86.8 cm³/mol. The van der Waals surface area contributed by atoms with Crippen LogP contribution in [0.4, 0.5) is 10.1 Å². The van der Waals surface area contributed by atoms with E-state index in [9.17, 15) is 9.18 Å². The van der Waals surface area contributed by atoms with Crippen molar-refractivity contribution in [3.05, 3.63) is 58.3 Å². The van der Waals surface area contributed by atoms with Gasteiger partial charge in [0.15, 0.2) is 0 Å². The number of hydrogen-bond donors (Lipinski definition) is 1. The zero-order valence-electron chi connectivity index (χ0n) is 11.1. The third kappa shape index (κ3) is 4.13. The molecule has 2 rings (SSSR count). The van der Waals surface area contributed by atoms with Gasteiger partial charge in [0.2, 0.25) is 5.91 Å². The Bertz CT molecular complexity index is 646. The van der Waals surface area contributed by atoms with E-state index < -0.39 is 5.25 Å². The second-order valence-electron chi connectivity index (χ2n) is 4.28. The number of carbonyl (C=O) groups excluding carboxylic acids is 1. The highest BCUT2D eigenvalue weighted by atomic mass is 35.5. The highest BCUT2D eigenvalue weighted by Crippen LogP contribution is 2.31. The first-order valence-corrected chi connectivity index (χ1v) is 7.78. The van der Waals surface area contributed by atoms with Gasteiger partial charge >= 0.3 is 0 Å². The fourth-order valence-electron chi connectivity index (χ4n) is 1.63. The molecule has 1 amide bonds. The second kappa shape index (κ2) is 7.16. The van der Waals surface area contributed by atoms with E-state index in [-0.39, 0.29) is 11.7 Å². The van der Waals surface area contributed by atoms with E-state index in [1.807, 2.05) is 0 Å². The Labute approximate surface area is 136 Å². The molecule has 0 saturated carbocycles. The molecule has 0 aromatic heterocycles. The topological polar surface area (TPSA) is 29.1 Å². The SMILES string of the molecule is CC(Sc1ccccc1F)C(=O)Nc1c(Cl)cccc1Cl. The summed E-state index contributed by atoms with van der Waals surface area (Å²) in [7, 11) is 0. The van der Waals surface area contributed by atoms with Gasteiger partial charge in [-0.15, -0.1) is 11.8 Å². The quantitative estimate of drug-likeness (QED) is 0.768. The molecule has 1 unspecified atom stereocenters. The number of halogens is 3. The van der Waals surface area contributed by atoms with Gasteiger partial charge in [0.25, 0.3) is 0 Å². The zero-order chi connectivity index (χ0) is 15.4. The molecule has 0 radical (unpaired) electrons. The lowest BCUT2D eigenvalue weighted by Crippen LogP contribution is -2.22. The number of para-hydroxylation sites is 1. The molecule has 110 valence electrons. The molecule has 0 bridgehead atoms. The monoisotopic (exact) mass is 343 g/mol. The Morgan fingerprint density at radius 3 is 2.38 bits per heavy atom. The molecule has 1 atom stereocenters. The number of benzene rings is 2. The van der Waals surface area contributed by atoms with Crippen LogP contribution in [0.5, 0.6) is 0 Å². The van der Waals surface area contributed by atoms with Gasteiger partial charge < -0.3 is 5.32 Å². The predicted octanol–water partition coefficient (Wildman–Crippen LogP) is 5.25. The number of nitrogens with one attached hydrogen (secondary N) is 1. The maximum Gasteiger partial charge on any atom is 0.237 e. The number of anilines is 1. The standard InChI is InChI=1S/C15H12Cl2FNOS/c1-9(21-13-8-3-2-7-12(13)18)15(20)19-14-10(16)5-4-6-11(14)17/h2-9H,1H3,(H,19,20). The molecule has 6 heteroatoms. The normalized spacial score (nSPS) is 12.0. The lowest BCUT2D eigenvalue weighted by Gasteiger charge is -2.14. The van der Waals surface area contributed by atoms with Crippen molar-refractivity contribution in [2.75, 3.05) is 5.32 Å². The van der Waals surface area contributed by atoms with Gasteiger partial charge in [0.1, 0.15) is 5.82 Å². The van der Waals surface area contributed by atoms with E-state index in [0.29, 0.717) is 20.6 Å². The van der Waals surface area contributed by atoms with E-state index >= 15 is 0 Å². The maximum absolute atomic E-state index is 13.6. The zero-order valence-corrected chi connectivity index (χ0v) is 13.4. The first kappa shape index (κ1) is 16.1. The lowest BCUT2D eigenvalue weighted by molar-refractivity contribution is -0.115. The van der Waals surface area contributed by atoms with Crippen molar-refractivity contribution in [1.82, 2.24) is 0 Å². The molecule has 0 aliphatic rings. The van der Waals surface area contributed by atoms with Crippen LogP contribution in [0.15, 0.2) is 47.4 Å². The van der Waals surface area contributed by atoms with Crippen molar-refractivity contribution in [3.63, 3.8) is 0 Å². The van der Waals surface area contributed by atoms with Crippen molar-refractivity contribution in [3.8, 4) is 0 Å². The van der Waals surface area contributed by atoms with E-state index in [2.05, 4.69) is 5.32 Å². The molecular formula is C15H12Cl2FNOS. The minimum absolute atomic E-state index is 0.293. The average molecular weight is 344 g/mol. The fraction of sp³-hybridized carbons (Fsp3) is 0.133. The number of amides is 1. The highest BCUT2D eigenvalue weighted by molar-refractivity contribution is 8.00. The number of thioether (sulfide) groups is 1. The average Bonchev–Trinajstić information content (AvgIpc) is 2.45. The Kier molecular flexibility index (Phi) is 5.51. The van der Waals surface area contributed by atoms with Crippen molar-refractivity contribution in [2.24, 2.45) is 0 Å². The van der Waals surface area contributed by atoms with E-state index in [4.69, 9.17) is 23.2 Å². The summed E-state index contributed by atoms with van der Waals surface area (Å²) in [6.07, 6.45) is 0. The molecule has 21 heavy (non-hydrogen) atoms. The molecule has 2 nitrogen and oxygen atoms in total. The van der Waals surface area contributed by atoms with Gasteiger partial charge in [-0.25, -0.2) is 4.39 Å². The second-order valence-corrected chi connectivity index (χ2v) is 6.47. The van der Waals surface area contributed by atoms with Crippen molar-refractivity contribution in [2.45, 2.75) is 17.1 Å². The number of carbonyl (C=O) groups is 1. The maximum atomic E-state index is 13.6. The van der Waals surface area contributed by atoms with Gasteiger partial charge in [-0.05, 0) is 31.2 Å². The summed E-state index contributed by atoms with van der Waals surface area (Å²) in [5, 5.41) is 2.90. The molecule has 0 aliphatic carbocycles. The smallest absolute Gasteiger partial charge is 0.237 e. The van der Waals surface area contributed by atoms with Gasteiger partial charge in [0.05, 0.1) is 21.0 Å². The van der Waals surface area contributed by atoms with Crippen LogP contribution in [0.3, 0.4) is 0 Å². The Hall–Kier alpha value is -1.23. The summed E-state index contributed by atoms with van der Waals surface area (Å²) in [4.78, 5) is 12.6. The first-order valence-electron chi connectivity index (χ1n) is 6.15. The van der Waals surface area contributed by atoms with E-state index in [1.165, 1.54) is 6.07 Å². The van der Waals surface area contributed by atoms with Gasteiger partial charge in [-0.2, -0.15) is 0 Å². The van der Waals surface area contributed by atoms with Crippen LogP contribution in [0, 0.1) is 5.82 Å². The summed E-state index contributed by atoms with van der Waals surface area (Å²) in [6, 6.07) is 11.3. The van der Waals surface area contributed by atoms with Crippen molar-refractivity contribution in [1.29, 1.82) is 0 Å². The number of hydrogen-bond acceptors (Lipinski definition) is 2. The Balaban J connectivity index is 2.08. The van der Waals surface area contributed by atoms with Crippen LogP contribution in [-0.2, 0) is 4.79 Å². The summed E-state index contributed by atoms with van der Waals surface area (Å²) in [5.41, 5.74) is 0.367. The van der Waals surface area contributed by atoms with Gasteiger partial charge in [-0.1, -0.05) is 41.4 Å². The van der Waals surface area contributed by atoms with Crippen LogP contribution in [-0.4, -0.2) is 11.2 Å². The largest absolute Gasteiger partial charge is 0.323 e. The van der Waals surface area contributed by atoms with Gasteiger partial charge in [0, 0.05) is 4.90 Å². The Morgan fingerprint density at radius 1 is 1.14 bits per heavy atom. The molecule has 0 heterocycles.